The summed E-state index contributed by atoms with van der Waals surface area (Å²) in [5.41, 5.74) is 1.37. The van der Waals surface area contributed by atoms with Gasteiger partial charge in [0.2, 0.25) is 5.91 Å². The van der Waals surface area contributed by atoms with Gasteiger partial charge in [0.05, 0.1) is 0 Å². The quantitative estimate of drug-likeness (QED) is 0.849. The molecule has 2 atom stereocenters. The third-order valence-electron chi connectivity index (χ3n) is 4.12. The Hall–Kier alpha value is -1.39. The van der Waals surface area contributed by atoms with Crippen LogP contribution in [0.4, 0.5) is 0 Å². The van der Waals surface area contributed by atoms with Gasteiger partial charge >= 0.3 is 0 Å². The third-order valence-corrected chi connectivity index (χ3v) is 4.12. The molecule has 1 aromatic rings. The number of amides is 1. The number of nitrogens with zero attached hydrogens (tertiary/aromatic N) is 1. The molecule has 2 rings (SSSR count). The number of nitrogens with one attached hydrogen (secondary N) is 2. The number of carbonyl (C=O) groups excluding carboxylic acids is 1. The summed E-state index contributed by atoms with van der Waals surface area (Å²) in [5, 5.41) is 6.06. The topological polar surface area (TPSA) is 44.4 Å². The van der Waals surface area contributed by atoms with E-state index in [1.807, 2.05) is 6.07 Å². The summed E-state index contributed by atoms with van der Waals surface area (Å²) in [4.78, 5) is 14.2. The Balaban J connectivity index is 1.89. The normalized spacial score (nSPS) is 21.4. The second-order valence-electron chi connectivity index (χ2n) is 5.47. The van der Waals surface area contributed by atoms with Crippen LogP contribution >= 0.6 is 0 Å². The minimum atomic E-state index is -0.0308. The van der Waals surface area contributed by atoms with E-state index in [0.29, 0.717) is 5.92 Å². The van der Waals surface area contributed by atoms with Crippen molar-refractivity contribution in [1.82, 2.24) is 15.5 Å². The van der Waals surface area contributed by atoms with Crippen molar-refractivity contribution in [3.63, 3.8) is 0 Å². The van der Waals surface area contributed by atoms with Crippen LogP contribution in [0.2, 0.25) is 0 Å². The Kier molecular flexibility index (Phi) is 5.56. The lowest BCUT2D eigenvalue weighted by molar-refractivity contribution is -0.126. The van der Waals surface area contributed by atoms with E-state index in [1.165, 1.54) is 5.56 Å². The highest BCUT2D eigenvalue weighted by atomic mass is 16.2. The second-order valence-corrected chi connectivity index (χ2v) is 5.47. The molecule has 0 aromatic heterocycles. The Labute approximate surface area is 121 Å². The van der Waals surface area contributed by atoms with Gasteiger partial charge in [-0.2, -0.15) is 0 Å². The summed E-state index contributed by atoms with van der Waals surface area (Å²) in [6, 6.07) is 10.6. The molecular formula is C16H25N3O. The second kappa shape index (κ2) is 7.41. The molecule has 4 heteroatoms. The van der Waals surface area contributed by atoms with E-state index in [1.54, 1.807) is 7.05 Å². The molecule has 1 saturated heterocycles. The van der Waals surface area contributed by atoms with Crippen molar-refractivity contribution in [3.8, 4) is 0 Å². The van der Waals surface area contributed by atoms with Crippen LogP contribution in [0.15, 0.2) is 30.3 Å². The molecule has 1 amide bonds. The molecule has 0 aliphatic carbocycles. The van der Waals surface area contributed by atoms with Crippen LogP contribution in [0.5, 0.6) is 0 Å². The van der Waals surface area contributed by atoms with Crippen molar-refractivity contribution in [1.29, 1.82) is 0 Å². The number of benzene rings is 1. The molecule has 0 radical (unpaired) electrons. The fraction of sp³-hybridized carbons (Fsp3) is 0.562. The number of hydrogen-bond donors (Lipinski definition) is 2. The van der Waals surface area contributed by atoms with Crippen molar-refractivity contribution in [3.05, 3.63) is 35.9 Å². The van der Waals surface area contributed by atoms with Crippen LogP contribution in [0.3, 0.4) is 0 Å². The predicted molar refractivity (Wildman–Crippen MR) is 81.8 cm³/mol. The van der Waals surface area contributed by atoms with Crippen LogP contribution in [-0.2, 0) is 4.79 Å². The number of hydrogen-bond acceptors (Lipinski definition) is 3. The fourth-order valence-corrected chi connectivity index (χ4v) is 2.75. The molecule has 1 aromatic carbocycles. The molecule has 2 unspecified atom stereocenters. The van der Waals surface area contributed by atoms with Crippen LogP contribution in [0.25, 0.3) is 0 Å². The van der Waals surface area contributed by atoms with Crippen molar-refractivity contribution in [2.24, 2.45) is 0 Å². The molecule has 0 spiro atoms. The first kappa shape index (κ1) is 15.0. The number of piperazine rings is 1. The summed E-state index contributed by atoms with van der Waals surface area (Å²) in [6.45, 7) is 5.88. The van der Waals surface area contributed by atoms with Gasteiger partial charge in [-0.3, -0.25) is 9.69 Å². The fourth-order valence-electron chi connectivity index (χ4n) is 2.75. The van der Waals surface area contributed by atoms with E-state index in [9.17, 15) is 4.79 Å². The lowest BCUT2D eigenvalue weighted by Gasteiger charge is -2.35. The van der Waals surface area contributed by atoms with Crippen LogP contribution < -0.4 is 10.6 Å². The van der Waals surface area contributed by atoms with Crippen molar-refractivity contribution in [2.75, 3.05) is 33.2 Å². The van der Waals surface area contributed by atoms with Crippen molar-refractivity contribution < 1.29 is 4.79 Å². The molecule has 1 heterocycles. The molecule has 4 nitrogen and oxygen atoms in total. The number of rotatable bonds is 5. The van der Waals surface area contributed by atoms with Gasteiger partial charge in [0.15, 0.2) is 0 Å². The highest BCUT2D eigenvalue weighted by molar-refractivity contribution is 5.81. The summed E-state index contributed by atoms with van der Waals surface area (Å²) >= 11 is 0. The molecule has 20 heavy (non-hydrogen) atoms. The Bertz CT molecular complexity index is 421. The lowest BCUT2D eigenvalue weighted by Crippen LogP contribution is -2.57. The van der Waals surface area contributed by atoms with E-state index in [-0.39, 0.29) is 11.9 Å². The maximum Gasteiger partial charge on any atom is 0.238 e. The zero-order valence-corrected chi connectivity index (χ0v) is 12.4. The molecule has 1 aliphatic heterocycles. The molecular weight excluding hydrogens is 250 g/mol. The van der Waals surface area contributed by atoms with E-state index in [2.05, 4.69) is 46.7 Å². The van der Waals surface area contributed by atoms with E-state index >= 15 is 0 Å². The average molecular weight is 275 g/mol. The zero-order valence-electron chi connectivity index (χ0n) is 12.4. The molecule has 0 bridgehead atoms. The molecule has 2 N–H and O–H groups in total. The minimum Gasteiger partial charge on any atom is -0.358 e. The van der Waals surface area contributed by atoms with Gasteiger partial charge in [-0.1, -0.05) is 37.3 Å². The van der Waals surface area contributed by atoms with Crippen LogP contribution in [0.1, 0.15) is 24.8 Å². The molecule has 0 saturated carbocycles. The summed E-state index contributed by atoms with van der Waals surface area (Å²) in [5.74, 6) is 0.640. The minimum absolute atomic E-state index is 0.0308. The number of carbonyl (C=O) groups is 1. The Morgan fingerprint density at radius 1 is 1.45 bits per heavy atom. The summed E-state index contributed by atoms with van der Waals surface area (Å²) in [7, 11) is 1.71. The van der Waals surface area contributed by atoms with E-state index < -0.39 is 0 Å². The standard InChI is InChI=1S/C16H25N3O/c1-13(14-6-4-3-5-7-14)8-10-19-11-9-18-12-15(19)16(20)17-2/h3-7,13,15,18H,8-12H2,1-2H3,(H,17,20). The van der Waals surface area contributed by atoms with Crippen LogP contribution in [0, 0.1) is 0 Å². The third kappa shape index (κ3) is 3.81. The SMILES string of the molecule is CNC(=O)C1CNCCN1CCC(C)c1ccccc1. The van der Waals surface area contributed by atoms with Crippen molar-refractivity contribution >= 4 is 5.91 Å². The summed E-state index contributed by atoms with van der Waals surface area (Å²) in [6.07, 6.45) is 1.08. The van der Waals surface area contributed by atoms with E-state index in [0.717, 1.165) is 32.6 Å². The highest BCUT2D eigenvalue weighted by Crippen LogP contribution is 2.19. The monoisotopic (exact) mass is 275 g/mol. The Morgan fingerprint density at radius 2 is 2.20 bits per heavy atom. The van der Waals surface area contributed by atoms with Gasteiger partial charge in [-0.15, -0.1) is 0 Å². The van der Waals surface area contributed by atoms with E-state index in [4.69, 9.17) is 0 Å². The molecule has 1 fully saturated rings. The van der Waals surface area contributed by atoms with Crippen LogP contribution in [-0.4, -0.2) is 50.1 Å². The van der Waals surface area contributed by atoms with Gasteiger partial charge in [0, 0.05) is 26.7 Å². The predicted octanol–water partition coefficient (Wildman–Crippen LogP) is 1.20. The van der Waals surface area contributed by atoms with Crippen molar-refractivity contribution in [2.45, 2.75) is 25.3 Å². The molecule has 110 valence electrons. The molecule has 1 aliphatic rings. The average Bonchev–Trinajstić information content (AvgIpc) is 2.53. The number of likely N-dealkylation sites (N-methyl/N-ethyl adjacent to an activating group) is 1. The smallest absolute Gasteiger partial charge is 0.238 e. The summed E-state index contributed by atoms with van der Waals surface area (Å²) < 4.78 is 0. The lowest BCUT2D eigenvalue weighted by atomic mass is 9.97. The van der Waals surface area contributed by atoms with Gasteiger partial charge in [0.1, 0.15) is 6.04 Å². The largest absolute Gasteiger partial charge is 0.358 e. The maximum absolute atomic E-state index is 11.9. The maximum atomic E-state index is 11.9. The van der Waals surface area contributed by atoms with Gasteiger partial charge < -0.3 is 10.6 Å². The first-order valence-electron chi connectivity index (χ1n) is 7.43. The first-order valence-corrected chi connectivity index (χ1v) is 7.43. The van der Waals surface area contributed by atoms with Gasteiger partial charge in [0.25, 0.3) is 0 Å². The van der Waals surface area contributed by atoms with Gasteiger partial charge in [-0.25, -0.2) is 0 Å². The Morgan fingerprint density at radius 3 is 2.90 bits per heavy atom. The van der Waals surface area contributed by atoms with Gasteiger partial charge in [-0.05, 0) is 24.4 Å². The highest BCUT2D eigenvalue weighted by Gasteiger charge is 2.27. The first-order chi connectivity index (χ1) is 9.72. The zero-order chi connectivity index (χ0) is 14.4.